The van der Waals surface area contributed by atoms with Gasteiger partial charge in [0.1, 0.15) is 0 Å². The highest BCUT2D eigenvalue weighted by Crippen LogP contribution is 2.34. The topological polar surface area (TPSA) is 72.8 Å². The molecule has 17 heavy (non-hydrogen) atoms. The quantitative estimate of drug-likeness (QED) is 0.803. The fourth-order valence-corrected chi connectivity index (χ4v) is 1.51. The molecule has 0 saturated heterocycles. The fourth-order valence-electron chi connectivity index (χ4n) is 1.51. The lowest BCUT2D eigenvalue weighted by atomic mass is 10.1. The van der Waals surface area contributed by atoms with E-state index in [1.165, 1.54) is 6.08 Å². The SMILES string of the molecule is O=Cc1cc2c(cc1C=CCC(=O)O)OCO2. The number of carbonyl (C=O) groups excluding carboxylic acids is 1. The van der Waals surface area contributed by atoms with Gasteiger partial charge in [-0.1, -0.05) is 12.2 Å². The monoisotopic (exact) mass is 234 g/mol. The first-order valence-corrected chi connectivity index (χ1v) is 4.98. The first kappa shape index (κ1) is 11.2. The molecule has 88 valence electrons. The molecule has 0 amide bonds. The number of aldehydes is 1. The molecule has 0 unspecified atom stereocenters. The van der Waals surface area contributed by atoms with Crippen molar-refractivity contribution in [3.8, 4) is 11.5 Å². The predicted octanol–water partition coefficient (Wildman–Crippen LogP) is 1.72. The van der Waals surface area contributed by atoms with E-state index < -0.39 is 5.97 Å². The molecule has 0 fully saturated rings. The van der Waals surface area contributed by atoms with Crippen LogP contribution in [0.5, 0.6) is 11.5 Å². The Balaban J connectivity index is 2.29. The zero-order chi connectivity index (χ0) is 12.3. The zero-order valence-electron chi connectivity index (χ0n) is 8.88. The van der Waals surface area contributed by atoms with Gasteiger partial charge in [-0.05, 0) is 17.7 Å². The van der Waals surface area contributed by atoms with Gasteiger partial charge in [0.25, 0.3) is 0 Å². The summed E-state index contributed by atoms with van der Waals surface area (Å²) in [5, 5.41) is 8.51. The number of fused-ring (bicyclic) bond motifs is 1. The van der Waals surface area contributed by atoms with Gasteiger partial charge < -0.3 is 14.6 Å². The van der Waals surface area contributed by atoms with E-state index in [0.717, 1.165) is 0 Å². The summed E-state index contributed by atoms with van der Waals surface area (Å²) in [5.74, 6) is 0.169. The third-order valence-corrected chi connectivity index (χ3v) is 2.30. The highest BCUT2D eigenvalue weighted by molar-refractivity contribution is 5.84. The van der Waals surface area contributed by atoms with Gasteiger partial charge in [0.2, 0.25) is 6.79 Å². The molecular weight excluding hydrogens is 224 g/mol. The molecule has 0 spiro atoms. The lowest BCUT2D eigenvalue weighted by Crippen LogP contribution is -1.92. The minimum atomic E-state index is -0.922. The van der Waals surface area contributed by atoms with E-state index in [0.29, 0.717) is 28.9 Å². The maximum absolute atomic E-state index is 10.9. The predicted molar refractivity (Wildman–Crippen MR) is 59.2 cm³/mol. The van der Waals surface area contributed by atoms with Crippen LogP contribution in [0.1, 0.15) is 22.3 Å². The molecule has 0 bridgehead atoms. The van der Waals surface area contributed by atoms with Crippen molar-refractivity contribution in [2.24, 2.45) is 0 Å². The van der Waals surface area contributed by atoms with Crippen molar-refractivity contribution in [3.63, 3.8) is 0 Å². The number of carbonyl (C=O) groups is 2. The molecule has 0 atom stereocenters. The highest BCUT2D eigenvalue weighted by atomic mass is 16.7. The van der Waals surface area contributed by atoms with Crippen LogP contribution >= 0.6 is 0 Å². The molecule has 5 nitrogen and oxygen atoms in total. The molecule has 1 aliphatic heterocycles. The third-order valence-electron chi connectivity index (χ3n) is 2.30. The third kappa shape index (κ3) is 2.44. The van der Waals surface area contributed by atoms with Gasteiger partial charge in [0, 0.05) is 5.56 Å². The van der Waals surface area contributed by atoms with E-state index in [-0.39, 0.29) is 13.2 Å². The average Bonchev–Trinajstić information content (AvgIpc) is 2.74. The molecule has 1 aromatic carbocycles. The van der Waals surface area contributed by atoms with Gasteiger partial charge in [-0.3, -0.25) is 9.59 Å². The van der Waals surface area contributed by atoms with Gasteiger partial charge in [-0.25, -0.2) is 0 Å². The van der Waals surface area contributed by atoms with Crippen molar-refractivity contribution in [3.05, 3.63) is 29.3 Å². The van der Waals surface area contributed by atoms with Crippen LogP contribution in [0, 0.1) is 0 Å². The summed E-state index contributed by atoms with van der Waals surface area (Å²) >= 11 is 0. The van der Waals surface area contributed by atoms with Crippen LogP contribution in [0.2, 0.25) is 0 Å². The van der Waals surface area contributed by atoms with Gasteiger partial charge in [0.15, 0.2) is 17.8 Å². The molecule has 0 radical (unpaired) electrons. The van der Waals surface area contributed by atoms with E-state index >= 15 is 0 Å². The smallest absolute Gasteiger partial charge is 0.307 e. The Morgan fingerprint density at radius 1 is 1.29 bits per heavy atom. The molecule has 1 heterocycles. The van der Waals surface area contributed by atoms with Crippen LogP contribution in [0.4, 0.5) is 0 Å². The number of hydrogen-bond acceptors (Lipinski definition) is 4. The van der Waals surface area contributed by atoms with Crippen LogP contribution < -0.4 is 9.47 Å². The lowest BCUT2D eigenvalue weighted by Gasteiger charge is -2.01. The van der Waals surface area contributed by atoms with Crippen LogP contribution in [0.3, 0.4) is 0 Å². The summed E-state index contributed by atoms with van der Waals surface area (Å²) in [6, 6.07) is 3.24. The fraction of sp³-hybridized carbons (Fsp3) is 0.167. The maximum atomic E-state index is 10.9. The molecular formula is C12H10O5. The second kappa shape index (κ2) is 4.69. The van der Waals surface area contributed by atoms with Gasteiger partial charge in [-0.15, -0.1) is 0 Å². The second-order valence-electron chi connectivity index (χ2n) is 3.45. The summed E-state index contributed by atoms with van der Waals surface area (Å²) in [6.07, 6.45) is 3.67. The van der Waals surface area contributed by atoms with E-state index in [1.54, 1.807) is 18.2 Å². The largest absolute Gasteiger partial charge is 0.481 e. The zero-order valence-corrected chi connectivity index (χ0v) is 8.88. The van der Waals surface area contributed by atoms with Gasteiger partial charge >= 0.3 is 5.97 Å². The van der Waals surface area contributed by atoms with Crippen LogP contribution in [-0.2, 0) is 4.79 Å². The standard InChI is InChI=1S/C12H10O5/c13-6-9-5-11-10(16-7-17-11)4-8(9)2-1-3-12(14)15/h1-2,4-6H,3,7H2,(H,14,15). The van der Waals surface area contributed by atoms with Crippen LogP contribution in [0.25, 0.3) is 6.08 Å². The van der Waals surface area contributed by atoms with Crippen molar-refractivity contribution < 1.29 is 24.2 Å². The minimum Gasteiger partial charge on any atom is -0.481 e. The van der Waals surface area contributed by atoms with Crippen LogP contribution in [-0.4, -0.2) is 24.2 Å². The summed E-state index contributed by atoms with van der Waals surface area (Å²) < 4.78 is 10.3. The molecule has 1 N–H and O–H groups in total. The molecule has 0 saturated carbocycles. The molecule has 1 aromatic rings. The summed E-state index contributed by atoms with van der Waals surface area (Å²) in [4.78, 5) is 21.2. The maximum Gasteiger partial charge on any atom is 0.307 e. The van der Waals surface area contributed by atoms with Crippen molar-refractivity contribution in [1.29, 1.82) is 0 Å². The summed E-state index contributed by atoms with van der Waals surface area (Å²) in [6.45, 7) is 0.135. The average molecular weight is 234 g/mol. The number of rotatable bonds is 4. The Bertz CT molecular complexity index is 490. The number of hydrogen-bond donors (Lipinski definition) is 1. The van der Waals surface area contributed by atoms with E-state index in [2.05, 4.69) is 0 Å². The molecule has 2 rings (SSSR count). The van der Waals surface area contributed by atoms with E-state index in [4.69, 9.17) is 14.6 Å². The first-order valence-electron chi connectivity index (χ1n) is 4.98. The van der Waals surface area contributed by atoms with Crippen LogP contribution in [0.15, 0.2) is 18.2 Å². The van der Waals surface area contributed by atoms with E-state index in [1.807, 2.05) is 0 Å². The Labute approximate surface area is 97.3 Å². The van der Waals surface area contributed by atoms with Gasteiger partial charge in [0.05, 0.1) is 6.42 Å². The second-order valence-corrected chi connectivity index (χ2v) is 3.45. The Morgan fingerprint density at radius 3 is 2.53 bits per heavy atom. The normalized spacial score (nSPS) is 12.9. The minimum absolute atomic E-state index is 0.0905. The molecule has 1 aliphatic rings. The van der Waals surface area contributed by atoms with Crippen molar-refractivity contribution in [2.45, 2.75) is 6.42 Å². The molecule has 0 aliphatic carbocycles. The lowest BCUT2D eigenvalue weighted by molar-refractivity contribution is -0.135. The molecule has 5 heteroatoms. The first-order chi connectivity index (χ1) is 8.20. The van der Waals surface area contributed by atoms with Crippen molar-refractivity contribution in [2.75, 3.05) is 6.79 Å². The van der Waals surface area contributed by atoms with E-state index in [9.17, 15) is 9.59 Å². The molecule has 0 aromatic heterocycles. The van der Waals surface area contributed by atoms with Crippen molar-refractivity contribution >= 4 is 18.3 Å². The van der Waals surface area contributed by atoms with Gasteiger partial charge in [-0.2, -0.15) is 0 Å². The van der Waals surface area contributed by atoms with Crippen molar-refractivity contribution in [1.82, 2.24) is 0 Å². The number of aliphatic carboxylic acids is 1. The summed E-state index contributed by atoms with van der Waals surface area (Å²) in [7, 11) is 0. The Morgan fingerprint density at radius 2 is 1.94 bits per heavy atom. The number of carboxylic acid groups (broad SMARTS) is 1. The highest BCUT2D eigenvalue weighted by Gasteiger charge is 2.15. The number of carboxylic acids is 1. The summed E-state index contributed by atoms with van der Waals surface area (Å²) in [5.41, 5.74) is 1.06. The number of benzene rings is 1. The number of ether oxygens (including phenoxy) is 2. The Hall–Kier alpha value is -2.30. The Kier molecular flexibility index (Phi) is 3.09.